The van der Waals surface area contributed by atoms with Crippen LogP contribution in [0, 0.1) is 6.92 Å². The Balaban J connectivity index is 1.57. The molecule has 0 aliphatic rings. The average molecular weight is 362 g/mol. The van der Waals surface area contributed by atoms with Gasteiger partial charge in [0.05, 0.1) is 21.2 Å². The molecular formula is C20H14N2O3S. The van der Waals surface area contributed by atoms with E-state index in [9.17, 15) is 9.59 Å². The van der Waals surface area contributed by atoms with E-state index >= 15 is 0 Å². The first-order valence-corrected chi connectivity index (χ1v) is 8.78. The number of anilines is 1. The van der Waals surface area contributed by atoms with Crippen molar-refractivity contribution >= 4 is 49.6 Å². The highest BCUT2D eigenvalue weighted by molar-refractivity contribution is 7.22. The molecule has 2 aromatic carbocycles. The van der Waals surface area contributed by atoms with Crippen LogP contribution in [0.25, 0.3) is 27.3 Å². The Kier molecular flexibility index (Phi) is 4.10. The molecule has 26 heavy (non-hydrogen) atoms. The van der Waals surface area contributed by atoms with Crippen molar-refractivity contribution in [3.05, 3.63) is 76.2 Å². The highest BCUT2D eigenvalue weighted by Gasteiger charge is 2.07. The van der Waals surface area contributed by atoms with Crippen LogP contribution in [0.3, 0.4) is 0 Å². The van der Waals surface area contributed by atoms with Gasteiger partial charge in [-0.1, -0.05) is 35.1 Å². The Morgan fingerprint density at radius 1 is 1.23 bits per heavy atom. The van der Waals surface area contributed by atoms with Crippen LogP contribution in [-0.4, -0.2) is 10.9 Å². The van der Waals surface area contributed by atoms with Crippen LogP contribution in [0.15, 0.2) is 64.0 Å². The third-order valence-electron chi connectivity index (χ3n) is 3.89. The number of hydrogen-bond donors (Lipinski definition) is 1. The van der Waals surface area contributed by atoms with E-state index in [4.69, 9.17) is 4.42 Å². The summed E-state index contributed by atoms with van der Waals surface area (Å²) in [6.07, 6.45) is 4.12. The number of nitrogens with zero attached hydrogens (tertiary/aromatic N) is 1. The summed E-state index contributed by atoms with van der Waals surface area (Å²) in [6, 6.07) is 13.1. The summed E-state index contributed by atoms with van der Waals surface area (Å²) < 4.78 is 6.47. The quantitative estimate of drug-likeness (QED) is 0.550. The lowest BCUT2D eigenvalue weighted by Crippen LogP contribution is -2.09. The number of carbonyl (C=O) groups excluding carboxylic acids is 1. The van der Waals surface area contributed by atoms with E-state index in [2.05, 4.69) is 10.3 Å². The van der Waals surface area contributed by atoms with Gasteiger partial charge in [0, 0.05) is 6.08 Å². The minimum Gasteiger partial charge on any atom is -0.463 e. The molecule has 2 heterocycles. The fraction of sp³-hybridized carbons (Fsp3) is 0.0500. The van der Waals surface area contributed by atoms with Gasteiger partial charge in [-0.3, -0.25) is 14.9 Å². The zero-order chi connectivity index (χ0) is 18.1. The van der Waals surface area contributed by atoms with Gasteiger partial charge in [-0.25, -0.2) is 4.98 Å². The molecule has 0 unspecified atom stereocenters. The number of hydrogen-bond acceptors (Lipinski definition) is 5. The molecule has 0 radical (unpaired) electrons. The zero-order valence-electron chi connectivity index (χ0n) is 13.9. The summed E-state index contributed by atoms with van der Waals surface area (Å²) in [5.41, 5.74) is 2.49. The summed E-state index contributed by atoms with van der Waals surface area (Å²) >= 11 is 1.40. The van der Waals surface area contributed by atoms with Gasteiger partial charge in [0.15, 0.2) is 10.6 Å². The van der Waals surface area contributed by atoms with Crippen molar-refractivity contribution in [2.24, 2.45) is 0 Å². The summed E-state index contributed by atoms with van der Waals surface area (Å²) in [7, 11) is 0. The summed E-state index contributed by atoms with van der Waals surface area (Å²) in [5, 5.41) is 3.73. The molecule has 0 fully saturated rings. The maximum atomic E-state index is 12.5. The van der Waals surface area contributed by atoms with Crippen molar-refractivity contribution in [1.82, 2.24) is 4.98 Å². The smallest absolute Gasteiger partial charge is 0.250 e. The normalized spacial score (nSPS) is 11.4. The van der Waals surface area contributed by atoms with Gasteiger partial charge in [0.2, 0.25) is 5.91 Å². The van der Waals surface area contributed by atoms with Crippen LogP contribution in [0.2, 0.25) is 0 Å². The summed E-state index contributed by atoms with van der Waals surface area (Å²) in [6.45, 7) is 1.91. The maximum absolute atomic E-state index is 12.5. The molecule has 4 aromatic rings. The van der Waals surface area contributed by atoms with Crippen molar-refractivity contribution in [3.8, 4) is 0 Å². The molecule has 0 aliphatic heterocycles. The number of fused-ring (bicyclic) bond motifs is 2. The van der Waals surface area contributed by atoms with Crippen molar-refractivity contribution < 1.29 is 9.21 Å². The molecule has 0 spiro atoms. The van der Waals surface area contributed by atoms with Crippen molar-refractivity contribution in [2.45, 2.75) is 6.92 Å². The Morgan fingerprint density at radius 2 is 2.08 bits per heavy atom. The number of aromatic nitrogens is 1. The molecular weight excluding hydrogens is 348 g/mol. The first-order valence-electron chi connectivity index (χ1n) is 7.97. The van der Waals surface area contributed by atoms with Crippen molar-refractivity contribution in [1.29, 1.82) is 0 Å². The number of benzene rings is 2. The van der Waals surface area contributed by atoms with Crippen LogP contribution in [-0.2, 0) is 4.79 Å². The molecule has 1 N–H and O–H groups in total. The Labute approximate surface area is 152 Å². The van der Waals surface area contributed by atoms with E-state index in [1.165, 1.54) is 29.8 Å². The standard InChI is InChI=1S/C20H14N2O3S/c1-12-6-8-16-14(10-12)19(24)13(11-25-16)7-9-18(23)22-20-21-15-4-2-3-5-17(15)26-20/h2-11H,1H3,(H,21,22,23)/b9-7+. The third kappa shape index (κ3) is 3.14. The number of para-hydroxylation sites is 1. The van der Waals surface area contributed by atoms with Crippen LogP contribution in [0.4, 0.5) is 5.13 Å². The highest BCUT2D eigenvalue weighted by Crippen LogP contribution is 2.25. The van der Waals surface area contributed by atoms with Crippen molar-refractivity contribution in [3.63, 3.8) is 0 Å². The van der Waals surface area contributed by atoms with Crippen LogP contribution in [0.5, 0.6) is 0 Å². The molecule has 0 saturated carbocycles. The monoisotopic (exact) mass is 362 g/mol. The Bertz CT molecular complexity index is 1190. The largest absolute Gasteiger partial charge is 0.463 e. The minimum atomic E-state index is -0.354. The van der Waals surface area contributed by atoms with E-state index in [1.54, 1.807) is 12.1 Å². The first-order chi connectivity index (χ1) is 12.6. The molecule has 128 valence electrons. The van der Waals surface area contributed by atoms with E-state index in [0.29, 0.717) is 21.7 Å². The van der Waals surface area contributed by atoms with E-state index in [0.717, 1.165) is 15.8 Å². The summed E-state index contributed by atoms with van der Waals surface area (Å²) in [5.74, 6) is -0.354. The molecule has 0 bridgehead atoms. The predicted molar refractivity (Wildman–Crippen MR) is 105 cm³/mol. The molecule has 5 nitrogen and oxygen atoms in total. The molecule has 6 heteroatoms. The zero-order valence-corrected chi connectivity index (χ0v) is 14.7. The third-order valence-corrected chi connectivity index (χ3v) is 4.84. The Hall–Kier alpha value is -3.25. The second-order valence-corrected chi connectivity index (χ2v) is 6.86. The number of nitrogens with one attached hydrogen (secondary N) is 1. The average Bonchev–Trinajstić information content (AvgIpc) is 3.04. The van der Waals surface area contributed by atoms with Crippen LogP contribution < -0.4 is 10.7 Å². The number of amides is 1. The van der Waals surface area contributed by atoms with Crippen molar-refractivity contribution in [2.75, 3.05) is 5.32 Å². The van der Waals surface area contributed by atoms with E-state index in [-0.39, 0.29) is 11.3 Å². The SMILES string of the molecule is Cc1ccc2occ(/C=C/C(=O)Nc3nc4ccccc4s3)c(=O)c2c1. The van der Waals surface area contributed by atoms with Crippen LogP contribution in [0.1, 0.15) is 11.1 Å². The minimum absolute atomic E-state index is 0.168. The van der Waals surface area contributed by atoms with Gasteiger partial charge in [-0.15, -0.1) is 0 Å². The molecule has 0 saturated heterocycles. The van der Waals surface area contributed by atoms with Gasteiger partial charge < -0.3 is 4.42 Å². The van der Waals surface area contributed by atoms with E-state index in [1.807, 2.05) is 37.3 Å². The molecule has 0 aliphatic carbocycles. The van der Waals surface area contributed by atoms with Gasteiger partial charge in [-0.05, 0) is 37.3 Å². The number of carbonyl (C=O) groups is 1. The van der Waals surface area contributed by atoms with Gasteiger partial charge in [0.25, 0.3) is 0 Å². The van der Waals surface area contributed by atoms with Gasteiger partial charge in [-0.2, -0.15) is 0 Å². The predicted octanol–water partition coefficient (Wildman–Crippen LogP) is 4.36. The fourth-order valence-corrected chi connectivity index (χ4v) is 3.48. The lowest BCUT2D eigenvalue weighted by atomic mass is 10.1. The van der Waals surface area contributed by atoms with Crippen LogP contribution >= 0.6 is 11.3 Å². The van der Waals surface area contributed by atoms with Gasteiger partial charge in [0.1, 0.15) is 11.8 Å². The first kappa shape index (κ1) is 16.2. The number of aryl methyl sites for hydroxylation is 1. The second-order valence-electron chi connectivity index (χ2n) is 5.83. The maximum Gasteiger partial charge on any atom is 0.250 e. The summed E-state index contributed by atoms with van der Waals surface area (Å²) in [4.78, 5) is 29.0. The van der Waals surface area contributed by atoms with E-state index < -0.39 is 0 Å². The highest BCUT2D eigenvalue weighted by atomic mass is 32.1. The number of thiazole rings is 1. The Morgan fingerprint density at radius 3 is 2.92 bits per heavy atom. The fourth-order valence-electron chi connectivity index (χ4n) is 2.61. The molecule has 0 atom stereocenters. The molecule has 1 amide bonds. The number of rotatable bonds is 3. The topological polar surface area (TPSA) is 72.2 Å². The lowest BCUT2D eigenvalue weighted by Gasteiger charge is -2.00. The van der Waals surface area contributed by atoms with Gasteiger partial charge >= 0.3 is 0 Å². The second kappa shape index (κ2) is 6.57. The lowest BCUT2D eigenvalue weighted by molar-refractivity contribution is -0.111. The molecule has 2 aromatic heterocycles. The molecule has 4 rings (SSSR count).